The maximum atomic E-state index is 3.81. The van der Waals surface area contributed by atoms with Gasteiger partial charge in [0, 0.05) is 36.6 Å². The molecule has 4 heteroatoms. The Labute approximate surface area is 122 Å². The predicted octanol–water partition coefficient (Wildman–Crippen LogP) is 3.62. The summed E-state index contributed by atoms with van der Waals surface area (Å²) >= 11 is 5.43. The molecule has 0 atom stereocenters. The van der Waals surface area contributed by atoms with E-state index < -0.39 is 0 Å². The van der Waals surface area contributed by atoms with Crippen LogP contribution in [0, 0.1) is 0 Å². The zero-order chi connectivity index (χ0) is 12.4. The Hall–Kier alpha value is 0.1000. The predicted molar refractivity (Wildman–Crippen MR) is 81.1 cm³/mol. The molecule has 1 aromatic rings. The highest BCUT2D eigenvalue weighted by Gasteiger charge is 2.35. The van der Waals surface area contributed by atoms with Crippen LogP contribution < -0.4 is 5.32 Å². The van der Waals surface area contributed by atoms with E-state index in [1.54, 1.807) is 0 Å². The van der Waals surface area contributed by atoms with Crippen LogP contribution in [0.2, 0.25) is 0 Å². The first-order valence-electron chi connectivity index (χ1n) is 6.97. The number of halogens is 1. The summed E-state index contributed by atoms with van der Waals surface area (Å²) in [6.07, 6.45) is 6.99. The van der Waals surface area contributed by atoms with Crippen LogP contribution in [0.3, 0.4) is 0 Å². The van der Waals surface area contributed by atoms with Crippen molar-refractivity contribution in [2.45, 2.75) is 44.2 Å². The van der Waals surface area contributed by atoms with E-state index >= 15 is 0 Å². The van der Waals surface area contributed by atoms with Gasteiger partial charge < -0.3 is 5.32 Å². The van der Waals surface area contributed by atoms with E-state index in [9.17, 15) is 0 Å². The van der Waals surface area contributed by atoms with Gasteiger partial charge in [-0.05, 0) is 40.9 Å². The van der Waals surface area contributed by atoms with Gasteiger partial charge in [-0.2, -0.15) is 0 Å². The van der Waals surface area contributed by atoms with E-state index in [1.165, 1.54) is 53.9 Å². The van der Waals surface area contributed by atoms with E-state index in [0.717, 1.165) is 13.1 Å². The Morgan fingerprint density at radius 1 is 1.28 bits per heavy atom. The highest BCUT2D eigenvalue weighted by molar-refractivity contribution is 9.11. The third-order valence-electron chi connectivity index (χ3n) is 4.27. The van der Waals surface area contributed by atoms with Gasteiger partial charge in [-0.3, -0.25) is 4.90 Å². The molecule has 1 aliphatic carbocycles. The zero-order valence-corrected chi connectivity index (χ0v) is 13.2. The molecule has 0 unspecified atom stereocenters. The minimum absolute atomic E-state index is 0.436. The molecule has 1 saturated carbocycles. The monoisotopic (exact) mass is 328 g/mol. The first kappa shape index (κ1) is 13.1. The molecule has 2 fully saturated rings. The third kappa shape index (κ3) is 2.98. The van der Waals surface area contributed by atoms with Crippen LogP contribution in [0.25, 0.3) is 0 Å². The molecule has 1 N–H and O–H groups in total. The zero-order valence-electron chi connectivity index (χ0n) is 10.8. The fourth-order valence-electron chi connectivity index (χ4n) is 3.40. The average Bonchev–Trinajstić information content (AvgIpc) is 2.76. The molecule has 1 saturated heterocycles. The summed E-state index contributed by atoms with van der Waals surface area (Å²) in [5, 5.41) is 3.81. The van der Waals surface area contributed by atoms with Crippen molar-refractivity contribution in [1.29, 1.82) is 0 Å². The number of rotatable bonds is 2. The lowest BCUT2D eigenvalue weighted by molar-refractivity contribution is 0.0952. The van der Waals surface area contributed by atoms with E-state index in [0.29, 0.717) is 5.54 Å². The van der Waals surface area contributed by atoms with Gasteiger partial charge in [0.1, 0.15) is 0 Å². The number of hydrogen-bond acceptors (Lipinski definition) is 3. The number of hydrogen-bond donors (Lipinski definition) is 1. The minimum Gasteiger partial charge on any atom is -0.309 e. The Balaban J connectivity index is 1.63. The van der Waals surface area contributed by atoms with Crippen molar-refractivity contribution in [3.05, 3.63) is 20.8 Å². The summed E-state index contributed by atoms with van der Waals surface area (Å²) in [4.78, 5) is 4.12. The lowest BCUT2D eigenvalue weighted by Gasteiger charge is -2.46. The summed E-state index contributed by atoms with van der Waals surface area (Å²) in [7, 11) is 0. The molecule has 2 heterocycles. The maximum absolute atomic E-state index is 3.81. The molecule has 1 spiro atoms. The van der Waals surface area contributed by atoms with Gasteiger partial charge in [-0.15, -0.1) is 11.3 Å². The molecule has 18 heavy (non-hydrogen) atoms. The number of thiophene rings is 1. The highest BCUT2D eigenvalue weighted by atomic mass is 79.9. The smallest absolute Gasteiger partial charge is 0.0701 e. The van der Waals surface area contributed by atoms with Crippen LogP contribution in [0.15, 0.2) is 15.9 Å². The van der Waals surface area contributed by atoms with Gasteiger partial charge in [-0.25, -0.2) is 0 Å². The summed E-state index contributed by atoms with van der Waals surface area (Å²) in [5.74, 6) is 0. The third-order valence-corrected chi connectivity index (χ3v) is 5.88. The van der Waals surface area contributed by atoms with Crippen molar-refractivity contribution < 1.29 is 0 Å². The molecule has 2 nitrogen and oxygen atoms in total. The Morgan fingerprint density at radius 2 is 2.11 bits per heavy atom. The van der Waals surface area contributed by atoms with Crippen molar-refractivity contribution in [2.24, 2.45) is 0 Å². The molecule has 0 bridgehead atoms. The molecule has 3 rings (SSSR count). The fraction of sp³-hybridized carbons (Fsp3) is 0.714. The molecule has 0 radical (unpaired) electrons. The SMILES string of the molecule is Brc1ccc(CN2CCNC3(CCCCC3)C2)s1. The number of piperazine rings is 1. The second kappa shape index (κ2) is 5.61. The standard InChI is InChI=1S/C14H21BrN2S/c15-13-5-4-12(18-13)10-17-9-8-16-14(11-17)6-2-1-3-7-14/h4-5,16H,1-3,6-11H2. The molecular formula is C14H21BrN2S. The first-order chi connectivity index (χ1) is 8.76. The van der Waals surface area contributed by atoms with Gasteiger partial charge in [0.05, 0.1) is 3.79 Å². The van der Waals surface area contributed by atoms with E-state index in [2.05, 4.69) is 38.3 Å². The first-order valence-corrected chi connectivity index (χ1v) is 8.58. The highest BCUT2D eigenvalue weighted by Crippen LogP contribution is 2.31. The van der Waals surface area contributed by atoms with Gasteiger partial charge in [0.15, 0.2) is 0 Å². The van der Waals surface area contributed by atoms with Crippen LogP contribution in [-0.2, 0) is 6.54 Å². The normalized spacial score (nSPS) is 24.5. The van der Waals surface area contributed by atoms with Crippen LogP contribution in [0.1, 0.15) is 37.0 Å². The summed E-state index contributed by atoms with van der Waals surface area (Å²) in [6.45, 7) is 4.71. The lowest BCUT2D eigenvalue weighted by Crippen LogP contribution is -2.60. The van der Waals surface area contributed by atoms with Crippen molar-refractivity contribution in [2.75, 3.05) is 19.6 Å². The lowest BCUT2D eigenvalue weighted by atomic mass is 9.80. The molecule has 100 valence electrons. The maximum Gasteiger partial charge on any atom is 0.0701 e. The Morgan fingerprint density at radius 3 is 2.83 bits per heavy atom. The quantitative estimate of drug-likeness (QED) is 0.891. The van der Waals surface area contributed by atoms with Crippen molar-refractivity contribution >= 4 is 27.3 Å². The minimum atomic E-state index is 0.436. The van der Waals surface area contributed by atoms with Crippen LogP contribution >= 0.6 is 27.3 Å². The number of nitrogens with zero attached hydrogens (tertiary/aromatic N) is 1. The van der Waals surface area contributed by atoms with Gasteiger partial charge >= 0.3 is 0 Å². The van der Waals surface area contributed by atoms with Crippen LogP contribution in [-0.4, -0.2) is 30.1 Å². The van der Waals surface area contributed by atoms with Gasteiger partial charge in [0.2, 0.25) is 0 Å². The second-order valence-corrected chi connectivity index (χ2v) is 8.23. The fourth-order valence-corrected chi connectivity index (χ4v) is 4.92. The van der Waals surface area contributed by atoms with Crippen LogP contribution in [0.4, 0.5) is 0 Å². The summed E-state index contributed by atoms with van der Waals surface area (Å²) < 4.78 is 1.25. The van der Waals surface area contributed by atoms with E-state index in [-0.39, 0.29) is 0 Å². The Kier molecular flexibility index (Phi) is 4.09. The van der Waals surface area contributed by atoms with Crippen molar-refractivity contribution in [1.82, 2.24) is 10.2 Å². The molecular weight excluding hydrogens is 308 g/mol. The van der Waals surface area contributed by atoms with Crippen molar-refractivity contribution in [3.8, 4) is 0 Å². The average molecular weight is 329 g/mol. The second-order valence-electron chi connectivity index (χ2n) is 5.68. The Bertz CT molecular complexity index is 393. The largest absolute Gasteiger partial charge is 0.309 e. The molecule has 0 amide bonds. The van der Waals surface area contributed by atoms with Gasteiger partial charge in [0.25, 0.3) is 0 Å². The summed E-state index contributed by atoms with van der Waals surface area (Å²) in [5.41, 5.74) is 0.436. The van der Waals surface area contributed by atoms with E-state index in [4.69, 9.17) is 0 Å². The number of nitrogens with one attached hydrogen (secondary N) is 1. The summed E-state index contributed by atoms with van der Waals surface area (Å²) in [6, 6.07) is 4.42. The molecule has 1 aromatic heterocycles. The molecule has 2 aliphatic rings. The molecule has 1 aliphatic heterocycles. The molecule has 0 aromatic carbocycles. The topological polar surface area (TPSA) is 15.3 Å². The van der Waals surface area contributed by atoms with Crippen molar-refractivity contribution in [3.63, 3.8) is 0 Å². The van der Waals surface area contributed by atoms with Crippen LogP contribution in [0.5, 0.6) is 0 Å². The van der Waals surface area contributed by atoms with E-state index in [1.807, 2.05) is 11.3 Å². The van der Waals surface area contributed by atoms with Gasteiger partial charge in [-0.1, -0.05) is 19.3 Å².